The zero-order valence-electron chi connectivity index (χ0n) is 16.0. The second-order valence-corrected chi connectivity index (χ2v) is 6.26. The van der Waals surface area contributed by atoms with Crippen LogP contribution in [0.2, 0.25) is 0 Å². The Balaban J connectivity index is 1.65. The van der Waals surface area contributed by atoms with Crippen molar-refractivity contribution in [2.24, 2.45) is 0 Å². The summed E-state index contributed by atoms with van der Waals surface area (Å²) in [7, 11) is 1.57. The van der Waals surface area contributed by atoms with E-state index in [4.69, 9.17) is 13.9 Å². The SMILES string of the molecule is C=CCOc1ccc(/C=C/C(=O)N[C@@H](C)c2cc3ccccc3o2)cc1OC. The lowest BCUT2D eigenvalue weighted by molar-refractivity contribution is -0.117. The van der Waals surface area contributed by atoms with Crippen LogP contribution < -0.4 is 14.8 Å². The number of carbonyl (C=O) groups excluding carboxylic acids is 1. The molecule has 5 nitrogen and oxygen atoms in total. The molecular formula is C23H23NO4. The molecule has 3 aromatic rings. The molecule has 0 aliphatic heterocycles. The number of carbonyl (C=O) groups is 1. The van der Waals surface area contributed by atoms with Gasteiger partial charge >= 0.3 is 0 Å². The highest BCUT2D eigenvalue weighted by Gasteiger charge is 2.13. The number of amides is 1. The van der Waals surface area contributed by atoms with Crippen molar-refractivity contribution < 1.29 is 18.7 Å². The van der Waals surface area contributed by atoms with E-state index < -0.39 is 0 Å². The van der Waals surface area contributed by atoms with Gasteiger partial charge in [-0.05, 0) is 42.8 Å². The lowest BCUT2D eigenvalue weighted by atomic mass is 10.1. The van der Waals surface area contributed by atoms with E-state index in [1.165, 1.54) is 6.08 Å². The number of fused-ring (bicyclic) bond motifs is 1. The van der Waals surface area contributed by atoms with Gasteiger partial charge in [-0.2, -0.15) is 0 Å². The van der Waals surface area contributed by atoms with Gasteiger partial charge in [-0.25, -0.2) is 0 Å². The summed E-state index contributed by atoms with van der Waals surface area (Å²) < 4.78 is 16.7. The van der Waals surface area contributed by atoms with Crippen molar-refractivity contribution >= 4 is 23.0 Å². The van der Waals surface area contributed by atoms with E-state index in [9.17, 15) is 4.79 Å². The highest BCUT2D eigenvalue weighted by molar-refractivity contribution is 5.92. The van der Waals surface area contributed by atoms with Crippen LogP contribution in [0, 0.1) is 0 Å². The molecule has 1 amide bonds. The maximum Gasteiger partial charge on any atom is 0.244 e. The van der Waals surface area contributed by atoms with Gasteiger partial charge in [0.1, 0.15) is 18.0 Å². The second-order valence-electron chi connectivity index (χ2n) is 6.26. The monoisotopic (exact) mass is 377 g/mol. The number of para-hydroxylation sites is 1. The van der Waals surface area contributed by atoms with Crippen molar-refractivity contribution in [2.75, 3.05) is 13.7 Å². The van der Waals surface area contributed by atoms with Crippen LogP contribution in [0.3, 0.4) is 0 Å². The average Bonchev–Trinajstić information content (AvgIpc) is 3.15. The van der Waals surface area contributed by atoms with E-state index in [2.05, 4.69) is 11.9 Å². The van der Waals surface area contributed by atoms with Gasteiger partial charge in [0.25, 0.3) is 0 Å². The molecule has 144 valence electrons. The van der Waals surface area contributed by atoms with Crippen molar-refractivity contribution in [1.29, 1.82) is 0 Å². The van der Waals surface area contributed by atoms with Gasteiger partial charge in [0, 0.05) is 11.5 Å². The van der Waals surface area contributed by atoms with Crippen LogP contribution in [0.15, 0.2) is 71.7 Å². The van der Waals surface area contributed by atoms with Crippen LogP contribution in [0.4, 0.5) is 0 Å². The Morgan fingerprint density at radius 1 is 1.21 bits per heavy atom. The van der Waals surface area contributed by atoms with Crippen LogP contribution >= 0.6 is 0 Å². The number of benzene rings is 2. The van der Waals surface area contributed by atoms with Gasteiger partial charge in [0.2, 0.25) is 5.91 Å². The van der Waals surface area contributed by atoms with Gasteiger partial charge in [-0.15, -0.1) is 0 Å². The molecule has 0 aliphatic rings. The smallest absolute Gasteiger partial charge is 0.244 e. The molecule has 0 unspecified atom stereocenters. The molecule has 1 atom stereocenters. The molecule has 0 radical (unpaired) electrons. The lowest BCUT2D eigenvalue weighted by Crippen LogP contribution is -2.24. The van der Waals surface area contributed by atoms with E-state index in [1.807, 2.05) is 49.4 Å². The van der Waals surface area contributed by atoms with Crippen molar-refractivity contribution in [1.82, 2.24) is 5.32 Å². The van der Waals surface area contributed by atoms with Crippen LogP contribution in [0.5, 0.6) is 11.5 Å². The van der Waals surface area contributed by atoms with Crippen molar-refractivity contribution in [3.05, 3.63) is 78.6 Å². The topological polar surface area (TPSA) is 60.7 Å². The van der Waals surface area contributed by atoms with Crippen LogP contribution in [0.1, 0.15) is 24.3 Å². The maximum absolute atomic E-state index is 12.3. The summed E-state index contributed by atoms with van der Waals surface area (Å²) in [5.41, 5.74) is 1.63. The maximum atomic E-state index is 12.3. The number of ether oxygens (including phenoxy) is 2. The highest BCUT2D eigenvalue weighted by atomic mass is 16.5. The molecule has 0 aliphatic carbocycles. The molecule has 1 aromatic heterocycles. The van der Waals surface area contributed by atoms with Crippen molar-refractivity contribution in [2.45, 2.75) is 13.0 Å². The van der Waals surface area contributed by atoms with Crippen LogP contribution in [0.25, 0.3) is 17.0 Å². The van der Waals surface area contributed by atoms with E-state index in [-0.39, 0.29) is 11.9 Å². The lowest BCUT2D eigenvalue weighted by Gasteiger charge is -2.10. The molecule has 1 N–H and O–H groups in total. The predicted octanol–water partition coefficient (Wildman–Crippen LogP) is 4.90. The summed E-state index contributed by atoms with van der Waals surface area (Å²) >= 11 is 0. The number of hydrogen-bond acceptors (Lipinski definition) is 4. The number of furan rings is 1. The molecule has 2 aromatic carbocycles. The molecule has 0 saturated heterocycles. The zero-order valence-corrected chi connectivity index (χ0v) is 16.0. The van der Waals surface area contributed by atoms with E-state index in [1.54, 1.807) is 25.3 Å². The summed E-state index contributed by atoms with van der Waals surface area (Å²) in [5, 5.41) is 3.92. The van der Waals surface area contributed by atoms with Gasteiger partial charge < -0.3 is 19.2 Å². The third-order valence-electron chi connectivity index (χ3n) is 4.20. The first-order chi connectivity index (χ1) is 13.6. The third kappa shape index (κ3) is 4.62. The summed E-state index contributed by atoms with van der Waals surface area (Å²) in [6.45, 7) is 5.91. The minimum Gasteiger partial charge on any atom is -0.493 e. The van der Waals surface area contributed by atoms with E-state index >= 15 is 0 Å². The first-order valence-corrected chi connectivity index (χ1v) is 8.99. The van der Waals surface area contributed by atoms with E-state index in [0.29, 0.717) is 23.9 Å². The van der Waals surface area contributed by atoms with E-state index in [0.717, 1.165) is 16.5 Å². The fourth-order valence-electron chi connectivity index (χ4n) is 2.78. The second kappa shape index (κ2) is 8.95. The Morgan fingerprint density at radius 3 is 2.79 bits per heavy atom. The number of methoxy groups -OCH3 is 1. The molecule has 0 spiro atoms. The van der Waals surface area contributed by atoms with Crippen LogP contribution in [-0.4, -0.2) is 19.6 Å². The largest absolute Gasteiger partial charge is 0.493 e. The molecular weight excluding hydrogens is 354 g/mol. The minimum absolute atomic E-state index is 0.209. The normalized spacial score (nSPS) is 12.1. The number of rotatable bonds is 8. The molecule has 0 saturated carbocycles. The third-order valence-corrected chi connectivity index (χ3v) is 4.20. The molecule has 5 heteroatoms. The number of nitrogens with one attached hydrogen (secondary N) is 1. The summed E-state index contributed by atoms with van der Waals surface area (Å²) in [4.78, 5) is 12.3. The van der Waals surface area contributed by atoms with Crippen LogP contribution in [-0.2, 0) is 4.79 Å². The fraction of sp³-hybridized carbons (Fsp3) is 0.174. The quantitative estimate of drug-likeness (QED) is 0.448. The van der Waals surface area contributed by atoms with Crippen molar-refractivity contribution in [3.8, 4) is 11.5 Å². The van der Waals surface area contributed by atoms with Gasteiger partial charge in [-0.3, -0.25) is 4.79 Å². The summed E-state index contributed by atoms with van der Waals surface area (Å²) in [5.74, 6) is 1.73. The molecule has 0 bridgehead atoms. The first-order valence-electron chi connectivity index (χ1n) is 8.99. The van der Waals surface area contributed by atoms with Gasteiger partial charge in [0.15, 0.2) is 11.5 Å². The minimum atomic E-state index is -0.242. The Hall–Kier alpha value is -3.47. The first kappa shape index (κ1) is 19.3. The zero-order chi connectivity index (χ0) is 19.9. The summed E-state index contributed by atoms with van der Waals surface area (Å²) in [6, 6.07) is 14.9. The van der Waals surface area contributed by atoms with Crippen molar-refractivity contribution in [3.63, 3.8) is 0 Å². The Bertz CT molecular complexity index is 970. The predicted molar refractivity (Wildman–Crippen MR) is 110 cm³/mol. The molecule has 1 heterocycles. The Kier molecular flexibility index (Phi) is 6.17. The molecule has 28 heavy (non-hydrogen) atoms. The average molecular weight is 377 g/mol. The summed E-state index contributed by atoms with van der Waals surface area (Å²) in [6.07, 6.45) is 4.87. The van der Waals surface area contributed by atoms with Gasteiger partial charge in [0.05, 0.1) is 13.2 Å². The standard InChI is InChI=1S/C23H23NO4/c1-4-13-27-20-11-9-17(14-22(20)26-3)10-12-23(25)24-16(2)21-15-18-7-5-6-8-19(18)28-21/h4-12,14-16H,1,13H2,2-3H3,(H,24,25)/b12-10+/t16-/m0/s1. The Labute approximate surface area is 164 Å². The Morgan fingerprint density at radius 2 is 2.04 bits per heavy atom. The highest BCUT2D eigenvalue weighted by Crippen LogP contribution is 2.28. The van der Waals surface area contributed by atoms with Gasteiger partial charge in [-0.1, -0.05) is 36.9 Å². The fourth-order valence-corrected chi connectivity index (χ4v) is 2.78. The molecule has 3 rings (SSSR count). The molecule has 0 fully saturated rings. The number of hydrogen-bond donors (Lipinski definition) is 1.